The molecule has 2 atom stereocenters. The average molecular weight is 369 g/mol. The molecular weight excluding hydrogens is 337 g/mol. The van der Waals surface area contributed by atoms with Crippen LogP contribution >= 0.6 is 0 Å². The number of nitrogens with one attached hydrogen (secondary N) is 1. The van der Waals surface area contributed by atoms with E-state index >= 15 is 0 Å². The third-order valence-electron chi connectivity index (χ3n) is 5.46. The second kappa shape index (κ2) is 8.25. The summed E-state index contributed by atoms with van der Waals surface area (Å²) in [5, 5.41) is 2.88. The highest BCUT2D eigenvalue weighted by Gasteiger charge is 2.53. The first kappa shape index (κ1) is 21.1. The zero-order chi connectivity index (χ0) is 19.5. The predicted octanol–water partition coefficient (Wildman–Crippen LogP) is 0.0888. The van der Waals surface area contributed by atoms with E-state index in [1.54, 1.807) is 4.90 Å². The summed E-state index contributed by atoms with van der Waals surface area (Å²) in [5.41, 5.74) is 5.02. The summed E-state index contributed by atoms with van der Waals surface area (Å²) in [6.07, 6.45) is 0.609. The number of hydrogen-bond donors (Lipinski definition) is 2. The SMILES string of the molecule is CC[C@H](NC(=O)C(N)CC(=O)N1CCOCC1)B1OC(C)(C)C(C)(C)O1. The largest absolute Gasteiger partial charge is 0.481 e. The smallest absolute Gasteiger partial charge is 0.402 e. The highest BCUT2D eigenvalue weighted by molar-refractivity contribution is 6.48. The fourth-order valence-electron chi connectivity index (χ4n) is 2.93. The van der Waals surface area contributed by atoms with Crippen LogP contribution in [-0.2, 0) is 23.6 Å². The molecule has 1 unspecified atom stereocenters. The molecule has 9 heteroatoms. The number of ether oxygens (including phenoxy) is 1. The highest BCUT2D eigenvalue weighted by atomic mass is 16.7. The summed E-state index contributed by atoms with van der Waals surface area (Å²) in [6.45, 7) is 11.9. The predicted molar refractivity (Wildman–Crippen MR) is 98.3 cm³/mol. The van der Waals surface area contributed by atoms with Gasteiger partial charge >= 0.3 is 7.12 Å². The van der Waals surface area contributed by atoms with Crippen molar-refractivity contribution >= 4 is 18.9 Å². The molecule has 2 rings (SSSR count). The van der Waals surface area contributed by atoms with Crippen LogP contribution in [0, 0.1) is 0 Å². The molecule has 0 spiro atoms. The van der Waals surface area contributed by atoms with Crippen LogP contribution in [0.15, 0.2) is 0 Å². The molecule has 8 nitrogen and oxygen atoms in total. The van der Waals surface area contributed by atoms with E-state index in [0.717, 1.165) is 0 Å². The van der Waals surface area contributed by atoms with E-state index in [4.69, 9.17) is 19.8 Å². The number of amides is 2. The van der Waals surface area contributed by atoms with Crippen LogP contribution in [0.4, 0.5) is 0 Å². The lowest BCUT2D eigenvalue weighted by Gasteiger charge is -2.32. The number of rotatable bonds is 6. The Morgan fingerprint density at radius 3 is 2.19 bits per heavy atom. The minimum Gasteiger partial charge on any atom is -0.402 e. The lowest BCUT2D eigenvalue weighted by atomic mass is 9.76. The summed E-state index contributed by atoms with van der Waals surface area (Å²) in [5.74, 6) is -0.819. The molecule has 2 heterocycles. The fraction of sp³-hybridized carbons (Fsp3) is 0.882. The molecule has 0 aromatic heterocycles. The van der Waals surface area contributed by atoms with E-state index in [1.165, 1.54) is 0 Å². The zero-order valence-corrected chi connectivity index (χ0v) is 16.5. The summed E-state index contributed by atoms with van der Waals surface area (Å²) < 4.78 is 17.2. The molecule has 2 aliphatic rings. The van der Waals surface area contributed by atoms with Crippen molar-refractivity contribution in [3.63, 3.8) is 0 Å². The Morgan fingerprint density at radius 1 is 1.15 bits per heavy atom. The maximum atomic E-state index is 12.5. The van der Waals surface area contributed by atoms with Crippen molar-refractivity contribution in [3.05, 3.63) is 0 Å². The number of morpholine rings is 1. The Balaban J connectivity index is 1.89. The van der Waals surface area contributed by atoms with E-state index in [1.807, 2.05) is 34.6 Å². The van der Waals surface area contributed by atoms with Crippen LogP contribution < -0.4 is 11.1 Å². The van der Waals surface area contributed by atoms with Crippen molar-refractivity contribution in [1.82, 2.24) is 10.2 Å². The molecule has 26 heavy (non-hydrogen) atoms. The molecule has 3 N–H and O–H groups in total. The van der Waals surface area contributed by atoms with E-state index in [2.05, 4.69) is 5.32 Å². The van der Waals surface area contributed by atoms with E-state index < -0.39 is 24.4 Å². The Labute approximate surface area is 156 Å². The van der Waals surface area contributed by atoms with Gasteiger partial charge in [-0.1, -0.05) is 6.92 Å². The van der Waals surface area contributed by atoms with E-state index in [-0.39, 0.29) is 24.2 Å². The molecule has 0 radical (unpaired) electrons. The van der Waals surface area contributed by atoms with Crippen molar-refractivity contribution in [2.45, 2.75) is 70.6 Å². The molecule has 2 aliphatic heterocycles. The van der Waals surface area contributed by atoms with Crippen molar-refractivity contribution in [1.29, 1.82) is 0 Å². The number of nitrogens with zero attached hydrogens (tertiary/aromatic N) is 1. The van der Waals surface area contributed by atoms with Gasteiger partial charge in [0.2, 0.25) is 11.8 Å². The van der Waals surface area contributed by atoms with Crippen LogP contribution in [-0.4, -0.2) is 73.3 Å². The molecule has 0 aliphatic carbocycles. The molecule has 0 bridgehead atoms. The second-order valence-electron chi connectivity index (χ2n) is 7.95. The summed E-state index contributed by atoms with van der Waals surface area (Å²) in [6, 6.07) is -0.901. The maximum absolute atomic E-state index is 12.5. The first-order valence-electron chi connectivity index (χ1n) is 9.34. The summed E-state index contributed by atoms with van der Waals surface area (Å²) in [7, 11) is -0.545. The Morgan fingerprint density at radius 2 is 1.69 bits per heavy atom. The van der Waals surface area contributed by atoms with Crippen molar-refractivity contribution < 1.29 is 23.6 Å². The normalized spacial score (nSPS) is 24.2. The van der Waals surface area contributed by atoms with Gasteiger partial charge < -0.3 is 30.0 Å². The van der Waals surface area contributed by atoms with Crippen LogP contribution in [0.5, 0.6) is 0 Å². The first-order chi connectivity index (χ1) is 12.1. The standard InChI is InChI=1S/C17H32BN3O5/c1-6-13(18-25-16(2,3)17(4,5)26-18)20-15(23)12(19)11-14(22)21-7-9-24-10-8-21/h12-13H,6-11,19H2,1-5H3,(H,20,23)/t12?,13-/m0/s1. The Kier molecular flexibility index (Phi) is 6.71. The molecule has 148 valence electrons. The zero-order valence-electron chi connectivity index (χ0n) is 16.5. The van der Waals surface area contributed by atoms with Crippen molar-refractivity contribution in [3.8, 4) is 0 Å². The number of nitrogens with two attached hydrogens (primary N) is 1. The van der Waals surface area contributed by atoms with Gasteiger partial charge in [-0.3, -0.25) is 9.59 Å². The lowest BCUT2D eigenvalue weighted by molar-refractivity contribution is -0.137. The lowest BCUT2D eigenvalue weighted by Crippen LogP contribution is -2.53. The number of carbonyl (C=O) groups is 2. The minimum atomic E-state index is -0.901. The van der Waals surface area contributed by atoms with Gasteiger partial charge in [0.05, 0.1) is 42.8 Å². The van der Waals surface area contributed by atoms with Gasteiger partial charge in [-0.05, 0) is 34.1 Å². The molecule has 0 saturated carbocycles. The molecule has 2 fully saturated rings. The van der Waals surface area contributed by atoms with Gasteiger partial charge in [0, 0.05) is 13.1 Å². The van der Waals surface area contributed by atoms with Gasteiger partial charge in [0.25, 0.3) is 0 Å². The second-order valence-corrected chi connectivity index (χ2v) is 7.95. The van der Waals surface area contributed by atoms with Gasteiger partial charge in [0.1, 0.15) is 0 Å². The minimum absolute atomic E-state index is 0.0222. The topological polar surface area (TPSA) is 103 Å². The Bertz CT molecular complexity index is 507. The van der Waals surface area contributed by atoms with Crippen LogP contribution in [0.2, 0.25) is 0 Å². The van der Waals surface area contributed by atoms with Crippen LogP contribution in [0.3, 0.4) is 0 Å². The highest BCUT2D eigenvalue weighted by Crippen LogP contribution is 2.37. The van der Waals surface area contributed by atoms with Crippen molar-refractivity contribution in [2.75, 3.05) is 26.3 Å². The number of carbonyl (C=O) groups excluding carboxylic acids is 2. The summed E-state index contributed by atoms with van der Waals surface area (Å²) in [4.78, 5) is 26.4. The molecule has 0 aromatic carbocycles. The van der Waals surface area contributed by atoms with Gasteiger partial charge in [-0.2, -0.15) is 0 Å². The quantitative estimate of drug-likeness (QED) is 0.644. The third kappa shape index (κ3) is 4.76. The number of hydrogen-bond acceptors (Lipinski definition) is 6. The van der Waals surface area contributed by atoms with Gasteiger partial charge in [-0.15, -0.1) is 0 Å². The van der Waals surface area contributed by atoms with E-state index in [0.29, 0.717) is 32.7 Å². The Hall–Kier alpha value is -1.16. The maximum Gasteiger partial charge on any atom is 0.481 e. The molecule has 2 amide bonds. The third-order valence-corrected chi connectivity index (χ3v) is 5.46. The van der Waals surface area contributed by atoms with Gasteiger partial charge in [0.15, 0.2) is 0 Å². The van der Waals surface area contributed by atoms with Crippen LogP contribution in [0.1, 0.15) is 47.5 Å². The average Bonchev–Trinajstić information content (AvgIpc) is 2.80. The van der Waals surface area contributed by atoms with Gasteiger partial charge in [-0.25, -0.2) is 0 Å². The fourth-order valence-corrected chi connectivity index (χ4v) is 2.93. The van der Waals surface area contributed by atoms with Crippen LogP contribution in [0.25, 0.3) is 0 Å². The van der Waals surface area contributed by atoms with E-state index in [9.17, 15) is 9.59 Å². The molecule has 2 saturated heterocycles. The molecular formula is C17H32BN3O5. The summed E-state index contributed by atoms with van der Waals surface area (Å²) >= 11 is 0. The first-order valence-corrected chi connectivity index (χ1v) is 9.34. The molecule has 0 aromatic rings. The monoisotopic (exact) mass is 369 g/mol. The van der Waals surface area contributed by atoms with Crippen molar-refractivity contribution in [2.24, 2.45) is 5.73 Å².